The molecule has 1 unspecified atom stereocenters. The van der Waals surface area contributed by atoms with E-state index in [4.69, 9.17) is 9.84 Å². The number of carbonyl (C=O) groups excluding carboxylic acids is 1. The number of amides is 1. The van der Waals surface area contributed by atoms with Crippen molar-refractivity contribution in [3.05, 3.63) is 0 Å². The molecule has 1 atom stereocenters. The second-order valence-corrected chi connectivity index (χ2v) is 4.56. The first-order chi connectivity index (χ1) is 7.69. The van der Waals surface area contributed by atoms with Gasteiger partial charge in [0.2, 0.25) is 5.91 Å². The summed E-state index contributed by atoms with van der Waals surface area (Å²) < 4.78 is 5.29. The second-order valence-electron chi connectivity index (χ2n) is 4.56. The van der Waals surface area contributed by atoms with Crippen LogP contribution in [0.3, 0.4) is 0 Å². The molecule has 0 aromatic rings. The minimum absolute atomic E-state index is 0.0482. The van der Waals surface area contributed by atoms with Crippen molar-refractivity contribution >= 4 is 5.91 Å². The third-order valence-electron chi connectivity index (χ3n) is 3.31. The predicted molar refractivity (Wildman–Crippen MR) is 62.0 cm³/mol. The quantitative estimate of drug-likeness (QED) is 0.761. The van der Waals surface area contributed by atoms with E-state index in [2.05, 4.69) is 0 Å². The highest BCUT2D eigenvalue weighted by atomic mass is 16.5. The number of aliphatic hydroxyl groups excluding tert-OH is 1. The molecule has 1 saturated heterocycles. The highest BCUT2D eigenvalue weighted by Crippen LogP contribution is 2.17. The fourth-order valence-corrected chi connectivity index (χ4v) is 2.10. The van der Waals surface area contributed by atoms with Crippen molar-refractivity contribution in [3.63, 3.8) is 0 Å². The van der Waals surface area contributed by atoms with Crippen LogP contribution in [0.15, 0.2) is 0 Å². The second kappa shape index (κ2) is 6.86. The Hall–Kier alpha value is -0.610. The summed E-state index contributed by atoms with van der Waals surface area (Å²) in [6.45, 7) is 4.29. The number of aliphatic hydroxyl groups is 1. The van der Waals surface area contributed by atoms with Crippen LogP contribution in [0.1, 0.15) is 26.2 Å². The van der Waals surface area contributed by atoms with E-state index in [0.29, 0.717) is 12.3 Å². The number of nitrogens with zero attached hydrogens (tertiary/aromatic N) is 1. The molecule has 0 aromatic heterocycles. The Labute approximate surface area is 97.6 Å². The van der Waals surface area contributed by atoms with Gasteiger partial charge in [0.1, 0.15) is 0 Å². The van der Waals surface area contributed by atoms with Crippen LogP contribution in [0.4, 0.5) is 0 Å². The third-order valence-corrected chi connectivity index (χ3v) is 3.31. The minimum Gasteiger partial charge on any atom is -0.396 e. The van der Waals surface area contributed by atoms with Gasteiger partial charge in [-0.3, -0.25) is 4.79 Å². The van der Waals surface area contributed by atoms with E-state index in [-0.39, 0.29) is 18.4 Å². The first-order valence-corrected chi connectivity index (χ1v) is 6.12. The normalized spacial score (nSPS) is 19.4. The Kier molecular flexibility index (Phi) is 5.77. The van der Waals surface area contributed by atoms with Crippen LogP contribution in [0.5, 0.6) is 0 Å². The van der Waals surface area contributed by atoms with Crippen molar-refractivity contribution in [3.8, 4) is 0 Å². The van der Waals surface area contributed by atoms with Crippen LogP contribution in [0.25, 0.3) is 0 Å². The Balaban J connectivity index is 2.37. The molecule has 0 radical (unpaired) electrons. The highest BCUT2D eigenvalue weighted by molar-refractivity contribution is 5.78. The number of hydrogen-bond acceptors (Lipinski definition) is 3. The van der Waals surface area contributed by atoms with Crippen molar-refractivity contribution in [2.24, 2.45) is 11.8 Å². The first-order valence-electron chi connectivity index (χ1n) is 6.12. The van der Waals surface area contributed by atoms with E-state index in [9.17, 15) is 4.79 Å². The van der Waals surface area contributed by atoms with Crippen molar-refractivity contribution < 1.29 is 14.6 Å². The van der Waals surface area contributed by atoms with Crippen LogP contribution in [0.2, 0.25) is 0 Å². The lowest BCUT2D eigenvalue weighted by molar-refractivity contribution is -0.136. The monoisotopic (exact) mass is 229 g/mol. The van der Waals surface area contributed by atoms with Crippen LogP contribution >= 0.6 is 0 Å². The SMILES string of the molecule is CCC(CO)C(=O)N(C)CC1CCOCC1. The summed E-state index contributed by atoms with van der Waals surface area (Å²) in [6, 6.07) is 0. The fourth-order valence-electron chi connectivity index (χ4n) is 2.10. The van der Waals surface area contributed by atoms with Gasteiger partial charge in [0.15, 0.2) is 0 Å². The molecule has 1 amide bonds. The summed E-state index contributed by atoms with van der Waals surface area (Å²) in [6.07, 6.45) is 2.77. The van der Waals surface area contributed by atoms with Gasteiger partial charge in [0.25, 0.3) is 0 Å². The van der Waals surface area contributed by atoms with Gasteiger partial charge in [0.05, 0.1) is 12.5 Å². The maximum atomic E-state index is 11.9. The number of hydrogen-bond donors (Lipinski definition) is 1. The zero-order valence-electron chi connectivity index (χ0n) is 10.3. The third kappa shape index (κ3) is 3.76. The molecule has 1 rings (SSSR count). The Bertz CT molecular complexity index is 210. The van der Waals surface area contributed by atoms with Crippen LogP contribution in [-0.4, -0.2) is 49.3 Å². The predicted octanol–water partition coefficient (Wildman–Crippen LogP) is 0.890. The van der Waals surface area contributed by atoms with E-state index in [1.165, 1.54) is 0 Å². The maximum Gasteiger partial charge on any atom is 0.227 e. The lowest BCUT2D eigenvalue weighted by atomic mass is 9.98. The largest absolute Gasteiger partial charge is 0.396 e. The summed E-state index contributed by atoms with van der Waals surface area (Å²) >= 11 is 0. The van der Waals surface area contributed by atoms with Crippen molar-refractivity contribution in [2.45, 2.75) is 26.2 Å². The van der Waals surface area contributed by atoms with Gasteiger partial charge in [-0.2, -0.15) is 0 Å². The molecular weight excluding hydrogens is 206 g/mol. The Morgan fingerprint density at radius 3 is 2.62 bits per heavy atom. The average Bonchev–Trinajstić information content (AvgIpc) is 2.31. The Morgan fingerprint density at radius 1 is 1.50 bits per heavy atom. The zero-order chi connectivity index (χ0) is 12.0. The molecule has 1 heterocycles. The molecule has 0 aromatic carbocycles. The van der Waals surface area contributed by atoms with Gasteiger partial charge >= 0.3 is 0 Å². The van der Waals surface area contributed by atoms with E-state index >= 15 is 0 Å². The molecule has 0 bridgehead atoms. The van der Waals surface area contributed by atoms with E-state index < -0.39 is 0 Å². The summed E-state index contributed by atoms with van der Waals surface area (Å²) in [4.78, 5) is 13.7. The van der Waals surface area contributed by atoms with E-state index in [1.807, 2.05) is 14.0 Å². The molecule has 1 aliphatic heterocycles. The molecule has 1 fully saturated rings. The lowest BCUT2D eigenvalue weighted by Crippen LogP contribution is -2.38. The summed E-state index contributed by atoms with van der Waals surface area (Å²) in [7, 11) is 1.83. The number of ether oxygens (including phenoxy) is 1. The smallest absolute Gasteiger partial charge is 0.227 e. The van der Waals surface area contributed by atoms with Gasteiger partial charge in [-0.15, -0.1) is 0 Å². The topological polar surface area (TPSA) is 49.8 Å². The van der Waals surface area contributed by atoms with Crippen molar-refractivity contribution in [2.75, 3.05) is 33.4 Å². The van der Waals surface area contributed by atoms with E-state index in [1.54, 1.807) is 4.90 Å². The maximum absolute atomic E-state index is 11.9. The molecule has 16 heavy (non-hydrogen) atoms. The summed E-state index contributed by atoms with van der Waals surface area (Å²) in [5, 5.41) is 9.08. The summed E-state index contributed by atoms with van der Waals surface area (Å²) in [5.41, 5.74) is 0. The van der Waals surface area contributed by atoms with Gasteiger partial charge < -0.3 is 14.7 Å². The zero-order valence-corrected chi connectivity index (χ0v) is 10.3. The average molecular weight is 229 g/mol. The fraction of sp³-hybridized carbons (Fsp3) is 0.917. The van der Waals surface area contributed by atoms with Crippen LogP contribution in [-0.2, 0) is 9.53 Å². The standard InChI is InChI=1S/C12H23NO3/c1-3-11(9-14)12(15)13(2)8-10-4-6-16-7-5-10/h10-11,14H,3-9H2,1-2H3. The van der Waals surface area contributed by atoms with Crippen molar-refractivity contribution in [1.82, 2.24) is 4.90 Å². The van der Waals surface area contributed by atoms with Gasteiger partial charge in [0, 0.05) is 26.8 Å². The summed E-state index contributed by atoms with van der Waals surface area (Å²) in [5.74, 6) is 0.389. The van der Waals surface area contributed by atoms with Crippen LogP contribution in [0, 0.1) is 11.8 Å². The van der Waals surface area contributed by atoms with Crippen LogP contribution < -0.4 is 0 Å². The Morgan fingerprint density at radius 2 is 2.12 bits per heavy atom. The molecule has 0 saturated carbocycles. The molecule has 1 aliphatic rings. The van der Waals surface area contributed by atoms with E-state index in [0.717, 1.165) is 32.6 Å². The molecule has 1 N–H and O–H groups in total. The van der Waals surface area contributed by atoms with Gasteiger partial charge in [-0.1, -0.05) is 6.92 Å². The molecule has 0 aliphatic carbocycles. The minimum atomic E-state index is -0.232. The highest BCUT2D eigenvalue weighted by Gasteiger charge is 2.23. The molecule has 0 spiro atoms. The lowest BCUT2D eigenvalue weighted by Gasteiger charge is -2.29. The van der Waals surface area contributed by atoms with Gasteiger partial charge in [-0.25, -0.2) is 0 Å². The van der Waals surface area contributed by atoms with Crippen molar-refractivity contribution in [1.29, 1.82) is 0 Å². The molecule has 4 heteroatoms. The first kappa shape index (κ1) is 13.5. The molecule has 4 nitrogen and oxygen atoms in total. The number of carbonyl (C=O) groups is 1. The number of rotatable bonds is 5. The molecular formula is C12H23NO3. The molecule has 94 valence electrons. The van der Waals surface area contributed by atoms with Gasteiger partial charge in [-0.05, 0) is 25.2 Å².